The van der Waals surface area contributed by atoms with E-state index < -0.39 is 0 Å². The van der Waals surface area contributed by atoms with Crippen molar-refractivity contribution in [3.63, 3.8) is 0 Å². The number of aliphatic hydroxyl groups is 1. The van der Waals surface area contributed by atoms with Gasteiger partial charge in [0.1, 0.15) is 12.1 Å². The highest BCUT2D eigenvalue weighted by molar-refractivity contribution is 5.90. The van der Waals surface area contributed by atoms with E-state index in [0.717, 1.165) is 36.1 Å². The first-order valence-electron chi connectivity index (χ1n) is 6.09. The number of nitrogens with one attached hydrogen (secondary N) is 1. The Labute approximate surface area is 106 Å². The predicted molar refractivity (Wildman–Crippen MR) is 73.4 cm³/mol. The van der Waals surface area contributed by atoms with Gasteiger partial charge < -0.3 is 16.2 Å². The Balaban J connectivity index is 2.08. The molecule has 2 rings (SSSR count). The molecule has 2 aromatic rings. The lowest BCUT2D eigenvalue weighted by atomic mass is 10.2. The maximum absolute atomic E-state index is 9.18. The van der Waals surface area contributed by atoms with E-state index in [1.807, 2.05) is 18.2 Å². The van der Waals surface area contributed by atoms with Gasteiger partial charge in [0.2, 0.25) is 0 Å². The maximum Gasteiger partial charge on any atom is 0.137 e. The van der Waals surface area contributed by atoms with E-state index in [4.69, 9.17) is 5.73 Å². The number of rotatable bonds is 5. The van der Waals surface area contributed by atoms with Crippen LogP contribution in [0.5, 0.6) is 0 Å². The van der Waals surface area contributed by atoms with E-state index >= 15 is 0 Å². The Morgan fingerprint density at radius 1 is 1.39 bits per heavy atom. The lowest BCUT2D eigenvalue weighted by Crippen LogP contribution is -2.08. The number of benzene rings is 1. The predicted octanol–water partition coefficient (Wildman–Crippen LogP) is 1.78. The van der Waals surface area contributed by atoms with E-state index in [-0.39, 0.29) is 6.10 Å². The monoisotopic (exact) mass is 246 g/mol. The van der Waals surface area contributed by atoms with Gasteiger partial charge in [-0.3, -0.25) is 0 Å². The Hall–Kier alpha value is -1.88. The highest BCUT2D eigenvalue weighted by Crippen LogP contribution is 2.21. The van der Waals surface area contributed by atoms with Gasteiger partial charge in [-0.1, -0.05) is 0 Å². The summed E-state index contributed by atoms with van der Waals surface area (Å²) in [4.78, 5) is 8.42. The van der Waals surface area contributed by atoms with Gasteiger partial charge in [-0.2, -0.15) is 0 Å². The normalized spacial score (nSPS) is 12.6. The van der Waals surface area contributed by atoms with Crippen LogP contribution in [0.15, 0.2) is 24.5 Å². The highest BCUT2D eigenvalue weighted by atomic mass is 16.3. The molecule has 0 fully saturated rings. The first-order chi connectivity index (χ1) is 8.66. The van der Waals surface area contributed by atoms with E-state index in [1.165, 1.54) is 6.33 Å². The van der Waals surface area contributed by atoms with Gasteiger partial charge in [-0.05, 0) is 38.0 Å². The summed E-state index contributed by atoms with van der Waals surface area (Å²) in [5, 5.41) is 13.4. The smallest absolute Gasteiger partial charge is 0.137 e. The molecule has 0 aliphatic carbocycles. The number of hydrogen-bond donors (Lipinski definition) is 3. The fourth-order valence-electron chi connectivity index (χ4n) is 1.82. The van der Waals surface area contributed by atoms with Gasteiger partial charge in [0.25, 0.3) is 0 Å². The molecule has 0 bridgehead atoms. The van der Waals surface area contributed by atoms with Crippen molar-refractivity contribution in [2.45, 2.75) is 25.9 Å². The van der Waals surface area contributed by atoms with Gasteiger partial charge >= 0.3 is 0 Å². The molecule has 0 radical (unpaired) electrons. The number of nitrogen functional groups attached to an aromatic ring is 1. The molecule has 5 heteroatoms. The first kappa shape index (κ1) is 12.6. The van der Waals surface area contributed by atoms with Crippen LogP contribution in [0.25, 0.3) is 10.9 Å². The standard InChI is InChI=1S/C13H18N4O/c1-9(18)3-2-6-15-13-11-5-4-10(14)7-12(11)16-8-17-13/h4-5,7-9,18H,2-3,6,14H2,1H3,(H,15,16,17). The van der Waals surface area contributed by atoms with Crippen LogP contribution >= 0.6 is 0 Å². The molecule has 1 aromatic heterocycles. The fraction of sp³-hybridized carbons (Fsp3) is 0.385. The molecule has 0 aliphatic heterocycles. The molecule has 1 atom stereocenters. The first-order valence-corrected chi connectivity index (χ1v) is 6.09. The van der Waals surface area contributed by atoms with Crippen LogP contribution in [-0.4, -0.2) is 27.7 Å². The van der Waals surface area contributed by atoms with E-state index in [9.17, 15) is 5.11 Å². The zero-order valence-electron chi connectivity index (χ0n) is 10.4. The molecule has 1 aromatic carbocycles. The molecule has 18 heavy (non-hydrogen) atoms. The van der Waals surface area contributed by atoms with Gasteiger partial charge in [-0.15, -0.1) is 0 Å². The number of anilines is 2. The van der Waals surface area contributed by atoms with Gasteiger partial charge in [0, 0.05) is 17.6 Å². The molecule has 1 unspecified atom stereocenters. The van der Waals surface area contributed by atoms with E-state index in [2.05, 4.69) is 15.3 Å². The van der Waals surface area contributed by atoms with Gasteiger partial charge in [0.05, 0.1) is 11.6 Å². The molecular weight excluding hydrogens is 228 g/mol. The number of fused-ring (bicyclic) bond motifs is 1. The molecule has 0 saturated carbocycles. The van der Waals surface area contributed by atoms with Crippen LogP contribution in [0.3, 0.4) is 0 Å². The van der Waals surface area contributed by atoms with Crippen molar-refractivity contribution in [1.29, 1.82) is 0 Å². The minimum absolute atomic E-state index is 0.256. The summed E-state index contributed by atoms with van der Waals surface area (Å²) in [6.07, 6.45) is 2.95. The Morgan fingerprint density at radius 2 is 2.22 bits per heavy atom. The number of aromatic nitrogens is 2. The number of nitrogens with zero attached hydrogens (tertiary/aromatic N) is 2. The number of nitrogens with two attached hydrogens (primary N) is 1. The number of hydrogen-bond acceptors (Lipinski definition) is 5. The van der Waals surface area contributed by atoms with Gasteiger partial charge in [-0.25, -0.2) is 9.97 Å². The van der Waals surface area contributed by atoms with Crippen molar-refractivity contribution in [3.8, 4) is 0 Å². The van der Waals surface area contributed by atoms with Crippen molar-refractivity contribution in [1.82, 2.24) is 9.97 Å². The summed E-state index contributed by atoms with van der Waals surface area (Å²) in [6.45, 7) is 2.57. The van der Waals surface area contributed by atoms with Crippen LogP contribution in [0.4, 0.5) is 11.5 Å². The third-order valence-corrected chi connectivity index (χ3v) is 2.75. The molecule has 0 saturated heterocycles. The summed E-state index contributed by atoms with van der Waals surface area (Å²) in [5.41, 5.74) is 7.25. The summed E-state index contributed by atoms with van der Waals surface area (Å²) < 4.78 is 0. The highest BCUT2D eigenvalue weighted by Gasteiger charge is 2.03. The molecule has 0 amide bonds. The van der Waals surface area contributed by atoms with E-state index in [0.29, 0.717) is 5.69 Å². The summed E-state index contributed by atoms with van der Waals surface area (Å²) in [7, 11) is 0. The van der Waals surface area contributed by atoms with Crippen LogP contribution < -0.4 is 11.1 Å². The Kier molecular flexibility index (Phi) is 3.94. The maximum atomic E-state index is 9.18. The lowest BCUT2D eigenvalue weighted by Gasteiger charge is -2.09. The zero-order chi connectivity index (χ0) is 13.0. The SMILES string of the molecule is CC(O)CCCNc1ncnc2cc(N)ccc12. The van der Waals surface area contributed by atoms with Crippen molar-refractivity contribution >= 4 is 22.4 Å². The second-order valence-corrected chi connectivity index (χ2v) is 4.42. The van der Waals surface area contributed by atoms with Crippen LogP contribution in [0, 0.1) is 0 Å². The number of aliphatic hydroxyl groups excluding tert-OH is 1. The van der Waals surface area contributed by atoms with Crippen molar-refractivity contribution < 1.29 is 5.11 Å². The second-order valence-electron chi connectivity index (χ2n) is 4.42. The molecule has 1 heterocycles. The molecule has 4 N–H and O–H groups in total. The van der Waals surface area contributed by atoms with E-state index in [1.54, 1.807) is 6.92 Å². The minimum Gasteiger partial charge on any atom is -0.399 e. The zero-order valence-corrected chi connectivity index (χ0v) is 10.4. The average Bonchev–Trinajstić information content (AvgIpc) is 2.34. The molecule has 5 nitrogen and oxygen atoms in total. The molecule has 0 aliphatic rings. The average molecular weight is 246 g/mol. The molecular formula is C13H18N4O. The van der Waals surface area contributed by atoms with Crippen LogP contribution in [0.1, 0.15) is 19.8 Å². The minimum atomic E-state index is -0.256. The van der Waals surface area contributed by atoms with Crippen molar-refractivity contribution in [2.75, 3.05) is 17.6 Å². The Morgan fingerprint density at radius 3 is 3.00 bits per heavy atom. The van der Waals surface area contributed by atoms with Crippen LogP contribution in [-0.2, 0) is 0 Å². The largest absolute Gasteiger partial charge is 0.399 e. The summed E-state index contributed by atoms with van der Waals surface area (Å²) >= 11 is 0. The topological polar surface area (TPSA) is 84.1 Å². The van der Waals surface area contributed by atoms with Crippen molar-refractivity contribution in [2.24, 2.45) is 0 Å². The van der Waals surface area contributed by atoms with Crippen LogP contribution in [0.2, 0.25) is 0 Å². The lowest BCUT2D eigenvalue weighted by molar-refractivity contribution is 0.183. The Bertz CT molecular complexity index is 527. The molecule has 96 valence electrons. The second kappa shape index (κ2) is 5.64. The summed E-state index contributed by atoms with van der Waals surface area (Å²) in [5.74, 6) is 0.811. The van der Waals surface area contributed by atoms with Gasteiger partial charge in [0.15, 0.2) is 0 Å². The fourth-order valence-corrected chi connectivity index (χ4v) is 1.82. The molecule has 0 spiro atoms. The van der Waals surface area contributed by atoms with Crippen molar-refractivity contribution in [3.05, 3.63) is 24.5 Å². The quantitative estimate of drug-likeness (QED) is 0.553. The summed E-state index contributed by atoms with van der Waals surface area (Å²) in [6, 6.07) is 5.59. The third-order valence-electron chi connectivity index (χ3n) is 2.75. The third kappa shape index (κ3) is 3.07.